The van der Waals surface area contributed by atoms with Crippen molar-refractivity contribution >= 4 is 34.4 Å². The van der Waals surface area contributed by atoms with Gasteiger partial charge in [-0.25, -0.2) is 4.99 Å². The third kappa shape index (κ3) is 2.45. The van der Waals surface area contributed by atoms with Crippen LogP contribution in [-0.2, 0) is 10.3 Å². The van der Waals surface area contributed by atoms with Gasteiger partial charge < -0.3 is 10.7 Å². The van der Waals surface area contributed by atoms with Gasteiger partial charge in [0.15, 0.2) is 5.96 Å². The molecule has 2 heterocycles. The normalized spacial score (nSPS) is 21.1. The summed E-state index contributed by atoms with van der Waals surface area (Å²) in [5.41, 5.74) is 7.53. The lowest BCUT2D eigenvalue weighted by molar-refractivity contribution is -0.128. The second-order valence-corrected chi connectivity index (χ2v) is 6.20. The van der Waals surface area contributed by atoms with Crippen LogP contribution in [0.1, 0.15) is 31.5 Å². The summed E-state index contributed by atoms with van der Waals surface area (Å²) in [6.45, 7) is 3.64. The fourth-order valence-electron chi connectivity index (χ4n) is 2.80. The first-order chi connectivity index (χ1) is 10.9. The Hall–Kier alpha value is -2.45. The van der Waals surface area contributed by atoms with Gasteiger partial charge in [-0.15, -0.1) is 5.92 Å². The molecule has 1 amide bonds. The zero-order chi connectivity index (χ0) is 16.8. The van der Waals surface area contributed by atoms with Gasteiger partial charge in [0.1, 0.15) is 5.54 Å². The molecule has 0 radical (unpaired) electrons. The number of nitrogens with two attached hydrogens (primary N) is 1. The number of nitrogens with zero attached hydrogens (tertiary/aromatic N) is 2. The van der Waals surface area contributed by atoms with Gasteiger partial charge in [0.2, 0.25) is 5.91 Å². The second-order valence-electron chi connectivity index (χ2n) is 5.82. The lowest BCUT2D eigenvalue weighted by Crippen LogP contribution is -2.47. The predicted octanol–water partition coefficient (Wildman–Crippen LogP) is 2.58. The first kappa shape index (κ1) is 15.4. The minimum absolute atomic E-state index is 0.0905. The van der Waals surface area contributed by atoms with Crippen LogP contribution in [0.3, 0.4) is 0 Å². The average Bonchev–Trinajstić information content (AvgIpc) is 2.83. The first-order valence-electron chi connectivity index (χ1n) is 7.22. The van der Waals surface area contributed by atoms with Gasteiger partial charge in [0.05, 0.1) is 17.1 Å². The molecule has 0 fully saturated rings. The number of hydrogen-bond donors (Lipinski definition) is 2. The van der Waals surface area contributed by atoms with Gasteiger partial charge in [-0.05, 0) is 32.0 Å². The van der Waals surface area contributed by atoms with E-state index in [4.69, 9.17) is 17.3 Å². The van der Waals surface area contributed by atoms with Crippen molar-refractivity contribution in [1.29, 1.82) is 0 Å². The van der Waals surface area contributed by atoms with Gasteiger partial charge in [0, 0.05) is 23.5 Å². The van der Waals surface area contributed by atoms with Crippen LogP contribution in [0.2, 0.25) is 5.02 Å². The molecule has 1 aromatic heterocycles. The Morgan fingerprint density at radius 2 is 2.22 bits per heavy atom. The lowest BCUT2D eigenvalue weighted by atomic mass is 9.92. The van der Waals surface area contributed by atoms with Crippen molar-refractivity contribution < 1.29 is 4.79 Å². The molecule has 2 aromatic rings. The molecule has 3 N–H and O–H groups in total. The van der Waals surface area contributed by atoms with Gasteiger partial charge in [0.25, 0.3) is 0 Å². The van der Waals surface area contributed by atoms with Crippen LogP contribution in [0.4, 0.5) is 0 Å². The average molecular weight is 329 g/mol. The van der Waals surface area contributed by atoms with E-state index in [0.29, 0.717) is 10.7 Å². The molecule has 3 rings (SSSR count). The number of H-pyrrole nitrogens is 1. The molecule has 1 atom stereocenters. The number of rotatable bonds is 1. The fraction of sp³-hybridized carbons (Fsp3) is 0.294. The van der Waals surface area contributed by atoms with E-state index in [1.807, 2.05) is 25.1 Å². The Kier molecular flexibility index (Phi) is 3.57. The molecule has 23 heavy (non-hydrogen) atoms. The van der Waals surface area contributed by atoms with E-state index in [-0.39, 0.29) is 18.3 Å². The summed E-state index contributed by atoms with van der Waals surface area (Å²) in [5, 5.41) is 1.42. The summed E-state index contributed by atoms with van der Waals surface area (Å²) in [6, 6.07) is 5.79. The Bertz CT molecular complexity index is 902. The molecule has 0 spiro atoms. The summed E-state index contributed by atoms with van der Waals surface area (Å²) in [7, 11) is 1.61. The quantitative estimate of drug-likeness (QED) is 0.790. The Morgan fingerprint density at radius 3 is 2.87 bits per heavy atom. The molecule has 1 aliphatic rings. The maximum Gasteiger partial charge on any atom is 0.231 e. The highest BCUT2D eigenvalue weighted by molar-refractivity contribution is 6.36. The Morgan fingerprint density at radius 1 is 1.48 bits per heavy atom. The van der Waals surface area contributed by atoms with E-state index in [9.17, 15) is 4.79 Å². The van der Waals surface area contributed by atoms with Gasteiger partial charge in [-0.2, -0.15) is 0 Å². The maximum absolute atomic E-state index is 12.1. The van der Waals surface area contributed by atoms with Crippen LogP contribution in [0.25, 0.3) is 10.9 Å². The van der Waals surface area contributed by atoms with E-state index < -0.39 is 5.54 Å². The third-order valence-electron chi connectivity index (χ3n) is 4.12. The van der Waals surface area contributed by atoms with Crippen molar-refractivity contribution in [1.82, 2.24) is 9.88 Å². The van der Waals surface area contributed by atoms with Crippen LogP contribution < -0.4 is 5.73 Å². The maximum atomic E-state index is 12.1. The van der Waals surface area contributed by atoms with Crippen molar-refractivity contribution in [3.8, 4) is 11.8 Å². The Labute approximate surface area is 139 Å². The van der Waals surface area contributed by atoms with Crippen LogP contribution >= 0.6 is 11.6 Å². The molecule has 0 saturated carbocycles. The number of amides is 1. The van der Waals surface area contributed by atoms with Gasteiger partial charge >= 0.3 is 0 Å². The molecular formula is C17H17ClN4O. The molecule has 0 saturated heterocycles. The smallest absolute Gasteiger partial charge is 0.231 e. The number of aromatic amines is 1. The monoisotopic (exact) mass is 328 g/mol. The molecular weight excluding hydrogens is 312 g/mol. The number of benzene rings is 1. The summed E-state index contributed by atoms with van der Waals surface area (Å²) in [5.74, 6) is 5.98. The number of carbonyl (C=O) groups excluding carboxylic acids is 1. The van der Waals surface area contributed by atoms with Crippen LogP contribution in [-0.4, -0.2) is 28.8 Å². The van der Waals surface area contributed by atoms with Crippen molar-refractivity contribution in [2.45, 2.75) is 25.8 Å². The number of guanidine groups is 1. The molecule has 1 aromatic carbocycles. The SMILES string of the molecule is CC#Cc1ccc2[nH]c([C@]3(C)CC(=O)N(C)C(N)=N3)c(Cl)c2c1. The van der Waals surface area contributed by atoms with Crippen LogP contribution in [0, 0.1) is 11.8 Å². The molecule has 118 valence electrons. The van der Waals surface area contributed by atoms with E-state index in [0.717, 1.165) is 16.5 Å². The lowest BCUT2D eigenvalue weighted by Gasteiger charge is -2.32. The number of hydrogen-bond acceptors (Lipinski definition) is 3. The standard InChI is InChI=1S/C17H17ClN4O/c1-4-5-10-6-7-12-11(8-10)14(18)15(20-12)17(2)9-13(23)22(3)16(19)21-17/h6-8,20H,9H2,1-3H3,(H2,19,21)/t17-/m0/s1. The van der Waals surface area contributed by atoms with E-state index in [1.54, 1.807) is 14.0 Å². The number of aromatic nitrogens is 1. The predicted molar refractivity (Wildman–Crippen MR) is 92.2 cm³/mol. The number of nitrogens with one attached hydrogen (secondary N) is 1. The number of aliphatic imine (C=N–C) groups is 1. The highest BCUT2D eigenvalue weighted by Crippen LogP contribution is 2.40. The summed E-state index contributed by atoms with van der Waals surface area (Å²) < 4.78 is 0. The van der Waals surface area contributed by atoms with Gasteiger partial charge in [-0.1, -0.05) is 17.5 Å². The number of fused-ring (bicyclic) bond motifs is 1. The molecule has 0 unspecified atom stereocenters. The zero-order valence-electron chi connectivity index (χ0n) is 13.2. The topological polar surface area (TPSA) is 74.5 Å². The summed E-state index contributed by atoms with van der Waals surface area (Å²) >= 11 is 6.57. The van der Waals surface area contributed by atoms with Crippen LogP contribution in [0.5, 0.6) is 0 Å². The minimum atomic E-state index is -0.805. The highest BCUT2D eigenvalue weighted by Gasteiger charge is 2.39. The van der Waals surface area contributed by atoms with Crippen molar-refractivity contribution in [3.05, 3.63) is 34.5 Å². The van der Waals surface area contributed by atoms with Crippen molar-refractivity contribution in [3.63, 3.8) is 0 Å². The van der Waals surface area contributed by atoms with Crippen LogP contribution in [0.15, 0.2) is 23.2 Å². The van der Waals surface area contributed by atoms with E-state index in [1.165, 1.54) is 4.90 Å². The first-order valence-corrected chi connectivity index (χ1v) is 7.60. The largest absolute Gasteiger partial charge is 0.369 e. The zero-order valence-corrected chi connectivity index (χ0v) is 14.0. The summed E-state index contributed by atoms with van der Waals surface area (Å²) in [4.78, 5) is 21.3. The second kappa shape index (κ2) is 5.32. The highest BCUT2D eigenvalue weighted by atomic mass is 35.5. The molecule has 6 heteroatoms. The number of halogens is 1. The van der Waals surface area contributed by atoms with Crippen molar-refractivity contribution in [2.75, 3.05) is 7.05 Å². The molecule has 0 aliphatic carbocycles. The fourth-order valence-corrected chi connectivity index (χ4v) is 3.21. The molecule has 0 bridgehead atoms. The van der Waals surface area contributed by atoms with Crippen molar-refractivity contribution in [2.24, 2.45) is 10.7 Å². The summed E-state index contributed by atoms with van der Waals surface area (Å²) in [6.07, 6.45) is 0.207. The minimum Gasteiger partial charge on any atom is -0.369 e. The van der Waals surface area contributed by atoms with Gasteiger partial charge in [-0.3, -0.25) is 9.69 Å². The van der Waals surface area contributed by atoms with E-state index >= 15 is 0 Å². The Balaban J connectivity index is 2.18. The third-order valence-corrected chi connectivity index (χ3v) is 4.51. The molecule has 1 aliphatic heterocycles. The van der Waals surface area contributed by atoms with E-state index in [2.05, 4.69) is 21.8 Å². The number of carbonyl (C=O) groups is 1. The molecule has 5 nitrogen and oxygen atoms in total.